The first-order valence-electron chi connectivity index (χ1n) is 11.9. The lowest BCUT2D eigenvalue weighted by Crippen LogP contribution is -2.32. The standard InChI is InChI=1S/C28H21ClN2O6/c29-23-14-20(31(34)35)7-12-24(23)37-22-8-1-16(2-9-22)15-36-21-10-5-19(6-11-21)30-27(32)25-17-3-4-18(13-17)26(25)28(30)33/h1-12,14,17-18,25-26H,13,15H2/t17-,18+,25-,26+. The second-order valence-corrected chi connectivity index (χ2v) is 9.82. The zero-order valence-electron chi connectivity index (χ0n) is 19.5. The molecule has 2 aliphatic carbocycles. The van der Waals surface area contributed by atoms with Gasteiger partial charge in [0.25, 0.3) is 5.69 Å². The summed E-state index contributed by atoms with van der Waals surface area (Å²) in [6.07, 6.45) is 5.08. The maximum atomic E-state index is 13.0. The first kappa shape index (κ1) is 23.2. The molecule has 0 radical (unpaired) electrons. The topological polar surface area (TPSA) is 99.0 Å². The summed E-state index contributed by atoms with van der Waals surface area (Å²) in [5.74, 6) is 1.18. The molecule has 0 unspecified atom stereocenters. The van der Waals surface area contributed by atoms with Crippen molar-refractivity contribution in [3.05, 3.63) is 99.6 Å². The second-order valence-electron chi connectivity index (χ2n) is 9.41. The molecule has 3 aromatic rings. The van der Waals surface area contributed by atoms with Crippen LogP contribution in [-0.2, 0) is 16.2 Å². The quantitative estimate of drug-likeness (QED) is 0.167. The Kier molecular flexibility index (Phi) is 5.68. The van der Waals surface area contributed by atoms with E-state index in [0.717, 1.165) is 12.0 Å². The number of rotatable bonds is 7. The zero-order chi connectivity index (χ0) is 25.7. The molecule has 3 aliphatic rings. The van der Waals surface area contributed by atoms with E-state index in [1.807, 2.05) is 12.1 Å². The molecular weight excluding hydrogens is 496 g/mol. The number of imide groups is 1. The molecule has 6 rings (SSSR count). The Hall–Kier alpha value is -4.17. The Morgan fingerprint density at radius 2 is 1.51 bits per heavy atom. The molecule has 1 saturated carbocycles. The predicted molar refractivity (Wildman–Crippen MR) is 136 cm³/mol. The van der Waals surface area contributed by atoms with Crippen LogP contribution in [0.3, 0.4) is 0 Å². The van der Waals surface area contributed by atoms with E-state index < -0.39 is 4.92 Å². The van der Waals surface area contributed by atoms with E-state index >= 15 is 0 Å². The summed E-state index contributed by atoms with van der Waals surface area (Å²) in [6.45, 7) is 0.304. The molecule has 0 aromatic heterocycles. The van der Waals surface area contributed by atoms with Gasteiger partial charge in [-0.1, -0.05) is 35.9 Å². The number of hydrogen-bond acceptors (Lipinski definition) is 6. The Balaban J connectivity index is 1.06. The van der Waals surface area contributed by atoms with Crippen LogP contribution in [0.25, 0.3) is 0 Å². The number of amides is 2. The summed E-state index contributed by atoms with van der Waals surface area (Å²) in [5, 5.41) is 11.0. The number of nitro groups is 1. The van der Waals surface area contributed by atoms with Crippen molar-refractivity contribution in [3.8, 4) is 17.2 Å². The summed E-state index contributed by atoms with van der Waals surface area (Å²) < 4.78 is 11.6. The van der Waals surface area contributed by atoms with Crippen molar-refractivity contribution in [2.24, 2.45) is 23.7 Å². The predicted octanol–water partition coefficient (Wildman–Crippen LogP) is 5.93. The van der Waals surface area contributed by atoms with E-state index in [-0.39, 0.29) is 46.2 Å². The van der Waals surface area contributed by atoms with E-state index in [9.17, 15) is 19.7 Å². The fourth-order valence-electron chi connectivity index (χ4n) is 5.48. The number of allylic oxidation sites excluding steroid dienone is 2. The number of benzene rings is 3. The van der Waals surface area contributed by atoms with Crippen LogP contribution in [-0.4, -0.2) is 16.7 Å². The summed E-state index contributed by atoms with van der Waals surface area (Å²) in [5.41, 5.74) is 1.36. The van der Waals surface area contributed by atoms with Crippen LogP contribution in [0.1, 0.15) is 12.0 Å². The monoisotopic (exact) mass is 516 g/mol. The number of nitro benzene ring substituents is 1. The molecule has 1 saturated heterocycles. The van der Waals surface area contributed by atoms with Gasteiger partial charge in [-0.25, -0.2) is 0 Å². The number of carbonyl (C=O) groups excluding carboxylic acids is 2. The summed E-state index contributed by atoms with van der Waals surface area (Å²) in [4.78, 5) is 37.6. The number of fused-ring (bicyclic) bond motifs is 5. The van der Waals surface area contributed by atoms with Crippen molar-refractivity contribution in [1.82, 2.24) is 0 Å². The number of hydrogen-bond donors (Lipinski definition) is 0. The van der Waals surface area contributed by atoms with Gasteiger partial charge in [0.1, 0.15) is 23.9 Å². The minimum absolute atomic E-state index is 0.0992. The van der Waals surface area contributed by atoms with Crippen molar-refractivity contribution in [1.29, 1.82) is 0 Å². The van der Waals surface area contributed by atoms with Crippen LogP contribution in [0.15, 0.2) is 78.9 Å². The third-order valence-electron chi connectivity index (χ3n) is 7.25. The van der Waals surface area contributed by atoms with Crippen molar-refractivity contribution in [2.45, 2.75) is 13.0 Å². The van der Waals surface area contributed by atoms with Crippen LogP contribution in [0.2, 0.25) is 5.02 Å². The Morgan fingerprint density at radius 1 is 0.892 bits per heavy atom. The van der Waals surface area contributed by atoms with Gasteiger partial charge in [-0.2, -0.15) is 0 Å². The maximum absolute atomic E-state index is 13.0. The Bertz CT molecular complexity index is 1410. The highest BCUT2D eigenvalue weighted by Crippen LogP contribution is 2.53. The van der Waals surface area contributed by atoms with Gasteiger partial charge in [-0.05, 0) is 66.3 Å². The molecule has 37 heavy (non-hydrogen) atoms. The van der Waals surface area contributed by atoms with Crippen molar-refractivity contribution in [3.63, 3.8) is 0 Å². The summed E-state index contributed by atoms with van der Waals surface area (Å²) >= 11 is 6.09. The van der Waals surface area contributed by atoms with E-state index in [1.165, 1.54) is 23.1 Å². The average molecular weight is 517 g/mol. The smallest absolute Gasteiger partial charge is 0.271 e. The van der Waals surface area contributed by atoms with Gasteiger partial charge in [-0.15, -0.1) is 0 Å². The van der Waals surface area contributed by atoms with E-state index in [2.05, 4.69) is 12.2 Å². The lowest BCUT2D eigenvalue weighted by Gasteiger charge is -2.17. The fraction of sp³-hybridized carbons (Fsp3) is 0.214. The Morgan fingerprint density at radius 3 is 2.11 bits per heavy atom. The number of ether oxygens (including phenoxy) is 2. The van der Waals surface area contributed by atoms with E-state index in [4.69, 9.17) is 21.1 Å². The van der Waals surface area contributed by atoms with Crippen LogP contribution in [0, 0.1) is 33.8 Å². The molecule has 2 amide bonds. The molecule has 2 fully saturated rings. The third-order valence-corrected chi connectivity index (χ3v) is 7.54. The Labute approximate surface area is 217 Å². The van der Waals surface area contributed by atoms with Crippen molar-refractivity contribution >= 4 is 34.8 Å². The van der Waals surface area contributed by atoms with Crippen molar-refractivity contribution < 1.29 is 24.0 Å². The molecule has 2 bridgehead atoms. The zero-order valence-corrected chi connectivity index (χ0v) is 20.2. The van der Waals surface area contributed by atoms with Gasteiger partial charge in [0.2, 0.25) is 11.8 Å². The first-order valence-corrected chi connectivity index (χ1v) is 12.3. The molecule has 1 heterocycles. The maximum Gasteiger partial charge on any atom is 0.271 e. The average Bonchev–Trinajstić information content (AvgIpc) is 3.59. The lowest BCUT2D eigenvalue weighted by molar-refractivity contribution is -0.384. The highest BCUT2D eigenvalue weighted by molar-refractivity contribution is 6.32. The third kappa shape index (κ3) is 4.13. The normalized spacial score (nSPS) is 23.4. The number of carbonyl (C=O) groups is 2. The molecule has 3 aromatic carbocycles. The van der Waals surface area contributed by atoms with Gasteiger partial charge in [0, 0.05) is 12.1 Å². The van der Waals surface area contributed by atoms with Crippen LogP contribution in [0.4, 0.5) is 11.4 Å². The van der Waals surface area contributed by atoms with Crippen molar-refractivity contribution in [2.75, 3.05) is 4.90 Å². The summed E-state index contributed by atoms with van der Waals surface area (Å²) in [6, 6.07) is 18.2. The van der Waals surface area contributed by atoms with Gasteiger partial charge in [0.15, 0.2) is 0 Å². The fourth-order valence-corrected chi connectivity index (χ4v) is 5.70. The molecule has 4 atom stereocenters. The molecule has 0 spiro atoms. The first-order chi connectivity index (χ1) is 17.9. The molecule has 8 nitrogen and oxygen atoms in total. The minimum atomic E-state index is -0.519. The molecule has 1 aliphatic heterocycles. The van der Waals surface area contributed by atoms with Crippen LogP contribution < -0.4 is 14.4 Å². The SMILES string of the molecule is O=C1[C@@H]2[C@H](C(=O)N1c1ccc(OCc3ccc(Oc4ccc([N+](=O)[O-])cc4Cl)cc3)cc1)[C@@H]1C=C[C@H]2C1. The largest absolute Gasteiger partial charge is 0.489 e. The number of anilines is 1. The van der Waals surface area contributed by atoms with Crippen LogP contribution in [0.5, 0.6) is 17.2 Å². The van der Waals surface area contributed by atoms with Gasteiger partial charge in [-0.3, -0.25) is 24.6 Å². The highest BCUT2D eigenvalue weighted by atomic mass is 35.5. The van der Waals surface area contributed by atoms with Crippen LogP contribution >= 0.6 is 11.6 Å². The van der Waals surface area contributed by atoms with E-state index in [1.54, 1.807) is 36.4 Å². The van der Waals surface area contributed by atoms with Gasteiger partial charge in [0.05, 0.1) is 27.5 Å². The number of halogens is 1. The summed E-state index contributed by atoms with van der Waals surface area (Å²) in [7, 11) is 0. The number of non-ortho nitro benzene ring substituents is 1. The number of nitrogens with zero attached hydrogens (tertiary/aromatic N) is 2. The molecular formula is C28H21ClN2O6. The molecule has 186 valence electrons. The molecule has 0 N–H and O–H groups in total. The lowest BCUT2D eigenvalue weighted by atomic mass is 9.85. The van der Waals surface area contributed by atoms with E-state index in [0.29, 0.717) is 29.5 Å². The molecule has 9 heteroatoms. The highest BCUT2D eigenvalue weighted by Gasteiger charge is 2.59. The van der Waals surface area contributed by atoms with Gasteiger partial charge >= 0.3 is 0 Å². The minimum Gasteiger partial charge on any atom is -0.489 e. The van der Waals surface area contributed by atoms with Gasteiger partial charge < -0.3 is 9.47 Å². The second kappa shape index (κ2) is 9.05.